The number of ether oxygens (including phenoxy) is 1. The summed E-state index contributed by atoms with van der Waals surface area (Å²) in [6.07, 6.45) is 0. The monoisotopic (exact) mass is 368 g/mol. The average Bonchev–Trinajstić information content (AvgIpc) is 2.97. The first kappa shape index (κ1) is 19.8. The van der Waals surface area contributed by atoms with Gasteiger partial charge in [-0.05, 0) is 24.3 Å². The van der Waals surface area contributed by atoms with Gasteiger partial charge in [-0.25, -0.2) is 0 Å². The second-order valence-electron chi connectivity index (χ2n) is 7.21. The Kier molecular flexibility index (Phi) is 6.31. The van der Waals surface area contributed by atoms with Gasteiger partial charge < -0.3 is 14.2 Å². The van der Waals surface area contributed by atoms with Gasteiger partial charge in [0.05, 0.1) is 12.7 Å². The van der Waals surface area contributed by atoms with Crippen LogP contribution < -0.4 is 15.0 Å². The third-order valence-electron chi connectivity index (χ3n) is 3.66. The van der Waals surface area contributed by atoms with Crippen LogP contribution in [0.5, 0.6) is 5.75 Å². The first-order chi connectivity index (χ1) is 12.1. The van der Waals surface area contributed by atoms with E-state index in [0.29, 0.717) is 12.4 Å². The van der Waals surface area contributed by atoms with Gasteiger partial charge in [0.2, 0.25) is 5.88 Å². The van der Waals surface area contributed by atoms with E-state index in [0.717, 1.165) is 16.2 Å². The normalized spacial score (nSPS) is 12.9. The maximum Gasteiger partial charge on any atom is 0.387 e. The number of alkyl halides is 2. The number of quaternary nitrogens is 1. The molecule has 0 saturated carbocycles. The number of benzene rings is 1. The molecular weight excluding hydrogens is 344 g/mol. The second kappa shape index (κ2) is 8.27. The summed E-state index contributed by atoms with van der Waals surface area (Å²) in [4.78, 5) is 13.1. The Hall–Kier alpha value is -2.48. The van der Waals surface area contributed by atoms with Gasteiger partial charge in [0.25, 0.3) is 5.91 Å². The lowest BCUT2D eigenvalue weighted by Crippen LogP contribution is -3.08. The molecule has 6 nitrogen and oxygen atoms in total. The molecule has 1 amide bonds. The van der Waals surface area contributed by atoms with Crippen molar-refractivity contribution in [3.05, 3.63) is 41.6 Å². The van der Waals surface area contributed by atoms with E-state index in [4.69, 9.17) is 4.52 Å². The summed E-state index contributed by atoms with van der Waals surface area (Å²) >= 11 is 0. The highest BCUT2D eigenvalue weighted by Gasteiger charge is 2.20. The van der Waals surface area contributed by atoms with Crippen LogP contribution in [0, 0.1) is 0 Å². The number of carbonyl (C=O) groups excluding carboxylic acids is 1. The van der Waals surface area contributed by atoms with Gasteiger partial charge >= 0.3 is 6.61 Å². The lowest BCUT2D eigenvalue weighted by Gasteiger charge is -2.14. The zero-order chi connectivity index (χ0) is 19.3. The Balaban J connectivity index is 1.84. The van der Waals surface area contributed by atoms with Gasteiger partial charge in [-0.15, -0.1) is 0 Å². The van der Waals surface area contributed by atoms with Crippen molar-refractivity contribution in [2.24, 2.45) is 0 Å². The summed E-state index contributed by atoms with van der Waals surface area (Å²) in [7, 11) is 1.87. The summed E-state index contributed by atoms with van der Waals surface area (Å²) in [6.45, 7) is 3.96. The molecule has 0 aliphatic rings. The van der Waals surface area contributed by atoms with E-state index in [2.05, 4.69) is 15.2 Å². The zero-order valence-electron chi connectivity index (χ0n) is 15.3. The van der Waals surface area contributed by atoms with Crippen LogP contribution in [0.25, 0.3) is 0 Å². The van der Waals surface area contributed by atoms with E-state index in [-0.39, 0.29) is 23.6 Å². The highest BCUT2D eigenvalue weighted by atomic mass is 19.3. The summed E-state index contributed by atoms with van der Waals surface area (Å²) in [5.74, 6) is 0.233. The predicted octanol–water partition coefficient (Wildman–Crippen LogP) is 2.23. The maximum atomic E-state index is 12.1. The molecule has 2 rings (SSSR count). The molecule has 1 aromatic carbocycles. The smallest absolute Gasteiger partial charge is 0.387 e. The minimum atomic E-state index is -2.84. The van der Waals surface area contributed by atoms with Crippen LogP contribution in [0.15, 0.2) is 34.9 Å². The Labute approximate surface area is 151 Å². The van der Waals surface area contributed by atoms with E-state index in [1.54, 1.807) is 18.2 Å². The van der Waals surface area contributed by atoms with Gasteiger partial charge in [-0.3, -0.25) is 10.1 Å². The first-order valence-corrected chi connectivity index (χ1v) is 8.25. The van der Waals surface area contributed by atoms with E-state index in [1.165, 1.54) is 12.1 Å². The molecule has 8 heteroatoms. The molecule has 26 heavy (non-hydrogen) atoms. The largest absolute Gasteiger partial charge is 0.435 e. The van der Waals surface area contributed by atoms with Crippen molar-refractivity contribution in [3.8, 4) is 5.75 Å². The van der Waals surface area contributed by atoms with Crippen LogP contribution in [-0.2, 0) is 16.8 Å². The predicted molar refractivity (Wildman–Crippen MR) is 92.4 cm³/mol. The van der Waals surface area contributed by atoms with Crippen molar-refractivity contribution in [1.82, 2.24) is 5.16 Å². The molecule has 1 aromatic heterocycles. The second-order valence-corrected chi connectivity index (χ2v) is 7.21. The number of halogens is 2. The molecule has 1 atom stereocenters. The SMILES string of the molecule is C[NH+](CC(=O)Nc1cc(C(C)(C)C)no1)Cc1ccc(OC(F)F)cc1. The number of anilines is 1. The molecule has 0 bridgehead atoms. The third-order valence-corrected chi connectivity index (χ3v) is 3.66. The molecule has 1 unspecified atom stereocenters. The molecule has 0 aliphatic carbocycles. The molecule has 142 valence electrons. The lowest BCUT2D eigenvalue weighted by molar-refractivity contribution is -0.885. The molecule has 0 spiro atoms. The van der Waals surface area contributed by atoms with Crippen molar-refractivity contribution in [2.45, 2.75) is 39.3 Å². The number of hydrogen-bond acceptors (Lipinski definition) is 4. The average molecular weight is 368 g/mol. The Morgan fingerprint density at radius 2 is 1.96 bits per heavy atom. The Morgan fingerprint density at radius 3 is 2.50 bits per heavy atom. The number of hydrogen-bond donors (Lipinski definition) is 2. The van der Waals surface area contributed by atoms with Crippen molar-refractivity contribution < 1.29 is 27.7 Å². The Bertz CT molecular complexity index is 724. The quantitative estimate of drug-likeness (QED) is 0.786. The molecule has 0 fully saturated rings. The van der Waals surface area contributed by atoms with Crippen LogP contribution in [0.3, 0.4) is 0 Å². The minimum absolute atomic E-state index is 0.110. The fraction of sp³-hybridized carbons (Fsp3) is 0.444. The Morgan fingerprint density at radius 1 is 1.31 bits per heavy atom. The van der Waals surface area contributed by atoms with Crippen molar-refractivity contribution in [3.63, 3.8) is 0 Å². The standard InChI is InChI=1S/C18H23F2N3O3/c1-18(2,3)14-9-16(26-22-14)21-15(24)11-23(4)10-12-5-7-13(8-6-12)25-17(19)20/h5-9,17H,10-11H2,1-4H3,(H,21,24)/p+1. The highest BCUT2D eigenvalue weighted by Crippen LogP contribution is 2.23. The number of rotatable bonds is 7. The summed E-state index contributed by atoms with van der Waals surface area (Å²) in [5.41, 5.74) is 1.51. The number of amides is 1. The van der Waals surface area contributed by atoms with Crippen molar-refractivity contribution in [2.75, 3.05) is 18.9 Å². The van der Waals surface area contributed by atoms with Crippen LogP contribution in [-0.4, -0.2) is 31.3 Å². The van der Waals surface area contributed by atoms with Crippen LogP contribution >= 0.6 is 0 Å². The summed E-state index contributed by atoms with van der Waals surface area (Å²) in [6, 6.07) is 8.08. The van der Waals surface area contributed by atoms with Crippen molar-refractivity contribution in [1.29, 1.82) is 0 Å². The molecule has 2 N–H and O–H groups in total. The molecule has 0 saturated heterocycles. The van der Waals surface area contributed by atoms with E-state index in [1.807, 2.05) is 27.8 Å². The van der Waals surface area contributed by atoms with E-state index < -0.39 is 6.61 Å². The highest BCUT2D eigenvalue weighted by molar-refractivity contribution is 5.90. The summed E-state index contributed by atoms with van der Waals surface area (Å²) in [5, 5.41) is 6.64. The number of likely N-dealkylation sites (N-methyl/N-ethyl adjacent to an activating group) is 1. The van der Waals surface area contributed by atoms with Gasteiger partial charge in [0.15, 0.2) is 6.54 Å². The van der Waals surface area contributed by atoms with Crippen molar-refractivity contribution >= 4 is 11.8 Å². The van der Waals surface area contributed by atoms with Gasteiger partial charge in [-0.2, -0.15) is 8.78 Å². The number of nitrogens with zero attached hydrogens (tertiary/aromatic N) is 1. The van der Waals surface area contributed by atoms with Crippen LogP contribution in [0.4, 0.5) is 14.7 Å². The van der Waals surface area contributed by atoms with E-state index in [9.17, 15) is 13.6 Å². The van der Waals surface area contributed by atoms with Crippen LogP contribution in [0.1, 0.15) is 32.0 Å². The van der Waals surface area contributed by atoms with Gasteiger partial charge in [0.1, 0.15) is 12.3 Å². The number of carbonyl (C=O) groups is 1. The molecule has 1 heterocycles. The lowest BCUT2D eigenvalue weighted by atomic mass is 9.92. The molecular formula is C18H24F2N3O3+. The fourth-order valence-corrected chi connectivity index (χ4v) is 2.34. The molecule has 0 radical (unpaired) electrons. The van der Waals surface area contributed by atoms with E-state index >= 15 is 0 Å². The molecule has 2 aromatic rings. The fourth-order valence-electron chi connectivity index (χ4n) is 2.34. The van der Waals surface area contributed by atoms with Gasteiger partial charge in [-0.1, -0.05) is 25.9 Å². The minimum Gasteiger partial charge on any atom is -0.435 e. The maximum absolute atomic E-state index is 12.1. The summed E-state index contributed by atoms with van der Waals surface area (Å²) < 4.78 is 33.7. The van der Waals surface area contributed by atoms with Crippen LogP contribution in [0.2, 0.25) is 0 Å². The number of aromatic nitrogens is 1. The molecule has 0 aliphatic heterocycles. The topological polar surface area (TPSA) is 68.8 Å². The van der Waals surface area contributed by atoms with Gasteiger partial charge in [0, 0.05) is 17.0 Å². The first-order valence-electron chi connectivity index (χ1n) is 8.25. The third kappa shape index (κ3) is 6.11. The number of nitrogens with one attached hydrogen (secondary N) is 2. The zero-order valence-corrected chi connectivity index (χ0v) is 15.3.